The molecule has 0 saturated carbocycles. The lowest BCUT2D eigenvalue weighted by atomic mass is 10.2. The van der Waals surface area contributed by atoms with E-state index in [2.05, 4.69) is 10.6 Å². The average Bonchev–Trinajstić information content (AvgIpc) is 2.36. The van der Waals surface area contributed by atoms with Gasteiger partial charge in [0.2, 0.25) is 0 Å². The predicted molar refractivity (Wildman–Crippen MR) is 71.0 cm³/mol. The third-order valence-corrected chi connectivity index (χ3v) is 2.29. The fourth-order valence-electron chi connectivity index (χ4n) is 1.24. The topological polar surface area (TPSA) is 96.7 Å². The molecule has 1 aromatic carbocycles. The maximum atomic E-state index is 10.7. The van der Waals surface area contributed by atoms with Crippen LogP contribution in [0.3, 0.4) is 0 Å². The SMILES string of the molecule is COc1ccc([N+](=O)[O-])cc1NC(=S)NCCO. The lowest BCUT2D eigenvalue weighted by molar-refractivity contribution is -0.384. The Kier molecular flexibility index (Phi) is 5.28. The molecule has 8 heteroatoms. The molecule has 0 spiro atoms. The Morgan fingerprint density at radius 2 is 2.33 bits per heavy atom. The van der Waals surface area contributed by atoms with Crippen LogP contribution in [0.4, 0.5) is 11.4 Å². The second-order valence-corrected chi connectivity index (χ2v) is 3.65. The van der Waals surface area contributed by atoms with Crippen LogP contribution in [0.25, 0.3) is 0 Å². The first kappa shape index (κ1) is 14.1. The minimum absolute atomic E-state index is 0.0616. The average molecular weight is 271 g/mol. The van der Waals surface area contributed by atoms with Crippen LogP contribution in [0.5, 0.6) is 5.75 Å². The van der Waals surface area contributed by atoms with E-state index < -0.39 is 4.92 Å². The monoisotopic (exact) mass is 271 g/mol. The minimum Gasteiger partial charge on any atom is -0.495 e. The standard InChI is InChI=1S/C10H13N3O4S/c1-17-9-3-2-7(13(15)16)6-8(9)12-10(18)11-4-5-14/h2-3,6,14H,4-5H2,1H3,(H2,11,12,18). The second kappa shape index (κ2) is 6.72. The molecule has 0 bridgehead atoms. The van der Waals surface area contributed by atoms with Crippen molar-refractivity contribution in [1.82, 2.24) is 5.32 Å². The Bertz CT molecular complexity index is 453. The third-order valence-electron chi connectivity index (χ3n) is 2.04. The van der Waals surface area contributed by atoms with E-state index in [0.717, 1.165) is 0 Å². The Morgan fingerprint density at radius 3 is 2.89 bits per heavy atom. The van der Waals surface area contributed by atoms with Gasteiger partial charge in [-0.15, -0.1) is 0 Å². The van der Waals surface area contributed by atoms with Crippen molar-refractivity contribution in [2.45, 2.75) is 0 Å². The van der Waals surface area contributed by atoms with Gasteiger partial charge in [-0.1, -0.05) is 0 Å². The molecule has 1 aromatic rings. The smallest absolute Gasteiger partial charge is 0.271 e. The normalized spacial score (nSPS) is 9.67. The van der Waals surface area contributed by atoms with Crippen LogP contribution in [0.2, 0.25) is 0 Å². The number of ether oxygens (including phenoxy) is 1. The highest BCUT2D eigenvalue weighted by molar-refractivity contribution is 7.80. The molecule has 18 heavy (non-hydrogen) atoms. The Hall–Kier alpha value is -1.93. The van der Waals surface area contributed by atoms with Crippen molar-refractivity contribution in [3.63, 3.8) is 0 Å². The molecule has 0 radical (unpaired) electrons. The molecular formula is C10H13N3O4S. The predicted octanol–water partition coefficient (Wildman–Crippen LogP) is 0.882. The van der Waals surface area contributed by atoms with E-state index in [1.54, 1.807) is 0 Å². The van der Waals surface area contributed by atoms with Crippen LogP contribution in [-0.4, -0.2) is 35.4 Å². The van der Waals surface area contributed by atoms with Crippen LogP contribution in [0.1, 0.15) is 0 Å². The number of aliphatic hydroxyl groups excluding tert-OH is 1. The maximum Gasteiger partial charge on any atom is 0.271 e. The summed E-state index contributed by atoms with van der Waals surface area (Å²) in [6, 6.07) is 4.15. The van der Waals surface area contributed by atoms with Crippen molar-refractivity contribution >= 4 is 28.7 Å². The van der Waals surface area contributed by atoms with Gasteiger partial charge in [-0.2, -0.15) is 0 Å². The summed E-state index contributed by atoms with van der Waals surface area (Å²) >= 11 is 4.96. The molecule has 3 N–H and O–H groups in total. The van der Waals surface area contributed by atoms with Crippen molar-refractivity contribution in [2.24, 2.45) is 0 Å². The summed E-state index contributed by atoms with van der Waals surface area (Å²) in [5.41, 5.74) is 0.324. The first-order valence-electron chi connectivity index (χ1n) is 5.06. The van der Waals surface area contributed by atoms with Gasteiger partial charge in [-0.3, -0.25) is 10.1 Å². The zero-order valence-corrected chi connectivity index (χ0v) is 10.5. The molecule has 0 unspecified atom stereocenters. The zero-order valence-electron chi connectivity index (χ0n) is 9.67. The van der Waals surface area contributed by atoms with E-state index in [9.17, 15) is 10.1 Å². The number of benzene rings is 1. The molecule has 0 saturated heterocycles. The van der Waals surface area contributed by atoms with Crippen molar-refractivity contribution < 1.29 is 14.8 Å². The van der Waals surface area contributed by atoms with Crippen LogP contribution in [0.15, 0.2) is 18.2 Å². The van der Waals surface area contributed by atoms with Crippen molar-refractivity contribution in [1.29, 1.82) is 0 Å². The van der Waals surface area contributed by atoms with Gasteiger partial charge in [0, 0.05) is 18.7 Å². The maximum absolute atomic E-state index is 10.7. The number of methoxy groups -OCH3 is 1. The first-order chi connectivity index (χ1) is 8.58. The zero-order chi connectivity index (χ0) is 13.5. The van der Waals surface area contributed by atoms with E-state index in [-0.39, 0.29) is 17.4 Å². The van der Waals surface area contributed by atoms with Crippen LogP contribution >= 0.6 is 12.2 Å². The Labute approximate surface area is 109 Å². The van der Waals surface area contributed by atoms with Gasteiger partial charge in [-0.25, -0.2) is 0 Å². The molecule has 0 aliphatic heterocycles. The van der Waals surface area contributed by atoms with Crippen molar-refractivity contribution in [3.8, 4) is 5.75 Å². The fourth-order valence-corrected chi connectivity index (χ4v) is 1.46. The van der Waals surface area contributed by atoms with Gasteiger partial charge in [0.05, 0.1) is 24.3 Å². The molecule has 0 aliphatic carbocycles. The fraction of sp³-hybridized carbons (Fsp3) is 0.300. The molecule has 7 nitrogen and oxygen atoms in total. The number of nitro benzene ring substituents is 1. The number of non-ortho nitro benzene ring substituents is 1. The summed E-state index contributed by atoms with van der Waals surface area (Å²) in [7, 11) is 1.45. The number of nitrogens with one attached hydrogen (secondary N) is 2. The van der Waals surface area contributed by atoms with E-state index in [0.29, 0.717) is 18.0 Å². The summed E-state index contributed by atoms with van der Waals surface area (Å²) in [5, 5.41) is 25.1. The van der Waals surface area contributed by atoms with E-state index in [1.165, 1.54) is 25.3 Å². The van der Waals surface area contributed by atoms with Gasteiger partial charge >= 0.3 is 0 Å². The van der Waals surface area contributed by atoms with Crippen molar-refractivity contribution in [2.75, 3.05) is 25.6 Å². The summed E-state index contributed by atoms with van der Waals surface area (Å²) in [6.07, 6.45) is 0. The number of anilines is 1. The van der Waals surface area contributed by atoms with E-state index >= 15 is 0 Å². The van der Waals surface area contributed by atoms with Gasteiger partial charge in [0.15, 0.2) is 5.11 Å². The summed E-state index contributed by atoms with van der Waals surface area (Å²) in [5.74, 6) is 0.439. The molecule has 0 heterocycles. The molecule has 0 aliphatic rings. The summed E-state index contributed by atoms with van der Waals surface area (Å²) in [6.45, 7) is 0.233. The lowest BCUT2D eigenvalue weighted by Gasteiger charge is -2.12. The number of aliphatic hydroxyl groups is 1. The van der Waals surface area contributed by atoms with Crippen LogP contribution in [-0.2, 0) is 0 Å². The minimum atomic E-state index is -0.505. The highest BCUT2D eigenvalue weighted by atomic mass is 32.1. The number of hydrogen-bond acceptors (Lipinski definition) is 5. The molecular weight excluding hydrogens is 258 g/mol. The Morgan fingerprint density at radius 1 is 1.61 bits per heavy atom. The van der Waals surface area contributed by atoms with Crippen molar-refractivity contribution in [3.05, 3.63) is 28.3 Å². The summed E-state index contributed by atoms with van der Waals surface area (Å²) in [4.78, 5) is 10.2. The number of hydrogen-bond donors (Lipinski definition) is 3. The van der Waals surface area contributed by atoms with Gasteiger partial charge in [-0.05, 0) is 18.3 Å². The lowest BCUT2D eigenvalue weighted by Crippen LogP contribution is -2.30. The molecule has 0 fully saturated rings. The molecule has 98 valence electrons. The number of nitrogens with zero attached hydrogens (tertiary/aromatic N) is 1. The number of rotatable bonds is 5. The number of thiocarbonyl (C=S) groups is 1. The molecule has 0 atom stereocenters. The third kappa shape index (κ3) is 3.82. The highest BCUT2D eigenvalue weighted by Gasteiger charge is 2.12. The van der Waals surface area contributed by atoms with Crippen LogP contribution in [0, 0.1) is 10.1 Å². The summed E-state index contributed by atoms with van der Waals surface area (Å²) < 4.78 is 5.06. The van der Waals surface area contributed by atoms with E-state index in [4.69, 9.17) is 22.1 Å². The first-order valence-corrected chi connectivity index (χ1v) is 5.47. The largest absolute Gasteiger partial charge is 0.495 e. The van der Waals surface area contributed by atoms with Crippen LogP contribution < -0.4 is 15.4 Å². The van der Waals surface area contributed by atoms with E-state index in [1.807, 2.05) is 0 Å². The second-order valence-electron chi connectivity index (χ2n) is 3.25. The van der Waals surface area contributed by atoms with Gasteiger partial charge in [0.1, 0.15) is 5.75 Å². The molecule has 1 rings (SSSR count). The van der Waals surface area contributed by atoms with Gasteiger partial charge in [0.25, 0.3) is 5.69 Å². The molecule has 0 amide bonds. The quantitative estimate of drug-likeness (QED) is 0.415. The Balaban J connectivity index is 2.87. The number of nitro groups is 1. The highest BCUT2D eigenvalue weighted by Crippen LogP contribution is 2.28. The van der Waals surface area contributed by atoms with Gasteiger partial charge < -0.3 is 20.5 Å². The molecule has 0 aromatic heterocycles.